The zero-order valence-electron chi connectivity index (χ0n) is 10.1. The highest BCUT2D eigenvalue weighted by Crippen LogP contribution is 2.15. The van der Waals surface area contributed by atoms with Crippen molar-refractivity contribution in [3.05, 3.63) is 0 Å². The van der Waals surface area contributed by atoms with Gasteiger partial charge in [-0.15, -0.1) is 0 Å². The summed E-state index contributed by atoms with van der Waals surface area (Å²) >= 11 is 0. The van der Waals surface area contributed by atoms with Crippen LogP contribution in [-0.2, 0) is 9.53 Å². The molecule has 0 radical (unpaired) electrons. The Balaban J connectivity index is 2.57. The third-order valence-corrected chi connectivity index (χ3v) is 2.53. The number of morpholine rings is 1. The highest BCUT2D eigenvalue weighted by molar-refractivity contribution is 5.77. The minimum Gasteiger partial charge on any atom is -0.375 e. The smallest absolute Gasteiger partial charge is 0.224 e. The van der Waals surface area contributed by atoms with Crippen LogP contribution < -0.4 is 5.73 Å². The Hall–Kier alpha value is -0.610. The number of carbonyl (C=O) groups is 1. The van der Waals surface area contributed by atoms with Crippen molar-refractivity contribution < 1.29 is 9.53 Å². The molecule has 2 unspecified atom stereocenters. The maximum absolute atomic E-state index is 12.0. The largest absolute Gasteiger partial charge is 0.375 e. The molecular weight excluding hydrogens is 192 g/mol. The van der Waals surface area contributed by atoms with Crippen LogP contribution in [0, 0.1) is 0 Å². The van der Waals surface area contributed by atoms with E-state index in [9.17, 15) is 4.79 Å². The fraction of sp³-hybridized carbons (Fsp3) is 0.909. The summed E-state index contributed by atoms with van der Waals surface area (Å²) in [6.45, 7) is 9.04. The molecule has 1 fully saturated rings. The molecule has 1 aliphatic rings. The van der Waals surface area contributed by atoms with Crippen LogP contribution in [0.4, 0.5) is 0 Å². The first-order valence-corrected chi connectivity index (χ1v) is 5.49. The van der Waals surface area contributed by atoms with E-state index >= 15 is 0 Å². The van der Waals surface area contributed by atoms with E-state index < -0.39 is 5.54 Å². The van der Waals surface area contributed by atoms with Gasteiger partial charge in [0.2, 0.25) is 5.91 Å². The second-order valence-electron chi connectivity index (χ2n) is 5.20. The standard InChI is InChI=1S/C11H22N2O2/c1-8-7-15-9(2)6-13(8)10(14)5-11(3,4)12/h8-9H,5-7,12H2,1-4H3. The molecule has 2 N–H and O–H groups in total. The zero-order valence-corrected chi connectivity index (χ0v) is 10.1. The molecule has 1 aliphatic heterocycles. The van der Waals surface area contributed by atoms with Crippen LogP contribution in [0.15, 0.2) is 0 Å². The summed E-state index contributed by atoms with van der Waals surface area (Å²) in [7, 11) is 0. The zero-order chi connectivity index (χ0) is 11.6. The van der Waals surface area contributed by atoms with Crippen molar-refractivity contribution in [1.82, 2.24) is 4.90 Å². The van der Waals surface area contributed by atoms with Crippen LogP contribution in [-0.4, -0.2) is 41.6 Å². The number of hydrogen-bond acceptors (Lipinski definition) is 3. The predicted molar refractivity (Wildman–Crippen MR) is 59.5 cm³/mol. The molecule has 1 heterocycles. The van der Waals surface area contributed by atoms with E-state index in [-0.39, 0.29) is 18.1 Å². The summed E-state index contributed by atoms with van der Waals surface area (Å²) in [5.41, 5.74) is 5.41. The van der Waals surface area contributed by atoms with Gasteiger partial charge in [-0.2, -0.15) is 0 Å². The lowest BCUT2D eigenvalue weighted by Crippen LogP contribution is -2.52. The molecule has 15 heavy (non-hydrogen) atoms. The van der Waals surface area contributed by atoms with E-state index in [1.807, 2.05) is 32.6 Å². The number of ether oxygens (including phenoxy) is 1. The second kappa shape index (κ2) is 4.49. The Bertz CT molecular complexity index is 235. The van der Waals surface area contributed by atoms with Crippen molar-refractivity contribution in [3.63, 3.8) is 0 Å². The average molecular weight is 214 g/mol. The molecule has 1 rings (SSSR count). The predicted octanol–water partition coefficient (Wildman–Crippen LogP) is 0.750. The molecule has 1 amide bonds. The SMILES string of the molecule is CC1CN(C(=O)CC(C)(C)N)C(C)CO1. The normalized spacial score (nSPS) is 27.9. The molecule has 0 aromatic rings. The van der Waals surface area contributed by atoms with Gasteiger partial charge in [-0.05, 0) is 27.7 Å². The number of hydrogen-bond donors (Lipinski definition) is 1. The molecule has 0 aromatic heterocycles. The minimum absolute atomic E-state index is 0.130. The number of carbonyl (C=O) groups excluding carboxylic acids is 1. The first-order chi connectivity index (χ1) is 6.79. The average Bonchev–Trinajstić information content (AvgIpc) is 2.06. The molecule has 4 nitrogen and oxygen atoms in total. The fourth-order valence-electron chi connectivity index (χ4n) is 1.74. The third-order valence-electron chi connectivity index (χ3n) is 2.53. The van der Waals surface area contributed by atoms with E-state index in [0.717, 1.165) is 0 Å². The van der Waals surface area contributed by atoms with Crippen molar-refractivity contribution in [1.29, 1.82) is 0 Å². The number of nitrogens with two attached hydrogens (primary N) is 1. The van der Waals surface area contributed by atoms with Gasteiger partial charge in [-0.25, -0.2) is 0 Å². The lowest BCUT2D eigenvalue weighted by atomic mass is 10.0. The Labute approximate surface area is 91.8 Å². The van der Waals surface area contributed by atoms with Crippen LogP contribution in [0.1, 0.15) is 34.1 Å². The minimum atomic E-state index is -0.432. The molecule has 4 heteroatoms. The summed E-state index contributed by atoms with van der Waals surface area (Å²) in [6.07, 6.45) is 0.524. The maximum Gasteiger partial charge on any atom is 0.224 e. The molecular formula is C11H22N2O2. The van der Waals surface area contributed by atoms with Gasteiger partial charge in [0.05, 0.1) is 18.8 Å². The Morgan fingerprint density at radius 1 is 1.53 bits per heavy atom. The van der Waals surface area contributed by atoms with Gasteiger partial charge in [-0.1, -0.05) is 0 Å². The summed E-state index contributed by atoms with van der Waals surface area (Å²) < 4.78 is 5.48. The molecule has 1 saturated heterocycles. The van der Waals surface area contributed by atoms with Crippen LogP contribution >= 0.6 is 0 Å². The van der Waals surface area contributed by atoms with Crippen molar-refractivity contribution in [2.24, 2.45) is 5.73 Å². The third kappa shape index (κ3) is 3.80. The van der Waals surface area contributed by atoms with Crippen LogP contribution in [0.2, 0.25) is 0 Å². The lowest BCUT2D eigenvalue weighted by Gasteiger charge is -2.38. The lowest BCUT2D eigenvalue weighted by molar-refractivity contribution is -0.144. The van der Waals surface area contributed by atoms with Gasteiger partial charge in [0.1, 0.15) is 0 Å². The van der Waals surface area contributed by atoms with E-state index in [1.165, 1.54) is 0 Å². The molecule has 0 aromatic carbocycles. The highest BCUT2D eigenvalue weighted by atomic mass is 16.5. The van der Waals surface area contributed by atoms with E-state index in [4.69, 9.17) is 10.5 Å². The first-order valence-electron chi connectivity index (χ1n) is 5.49. The monoisotopic (exact) mass is 214 g/mol. The molecule has 88 valence electrons. The van der Waals surface area contributed by atoms with Gasteiger partial charge in [0.25, 0.3) is 0 Å². The van der Waals surface area contributed by atoms with E-state index in [0.29, 0.717) is 19.6 Å². The topological polar surface area (TPSA) is 55.6 Å². The summed E-state index contributed by atoms with van der Waals surface area (Å²) in [5, 5.41) is 0. The van der Waals surface area contributed by atoms with Gasteiger partial charge < -0.3 is 15.4 Å². The maximum atomic E-state index is 12.0. The van der Waals surface area contributed by atoms with E-state index in [1.54, 1.807) is 0 Å². The highest BCUT2D eigenvalue weighted by Gasteiger charge is 2.29. The second-order valence-corrected chi connectivity index (χ2v) is 5.20. The summed E-state index contributed by atoms with van der Waals surface area (Å²) in [4.78, 5) is 13.8. The number of nitrogens with zero attached hydrogens (tertiary/aromatic N) is 1. The number of amides is 1. The van der Waals surface area contributed by atoms with Crippen molar-refractivity contribution >= 4 is 5.91 Å². The molecule has 0 aliphatic carbocycles. The molecule has 0 spiro atoms. The van der Waals surface area contributed by atoms with Crippen molar-refractivity contribution in [2.75, 3.05) is 13.2 Å². The van der Waals surface area contributed by atoms with Gasteiger partial charge >= 0.3 is 0 Å². The van der Waals surface area contributed by atoms with Crippen LogP contribution in [0.25, 0.3) is 0 Å². The van der Waals surface area contributed by atoms with Gasteiger partial charge in [-0.3, -0.25) is 4.79 Å². The van der Waals surface area contributed by atoms with Crippen LogP contribution in [0.5, 0.6) is 0 Å². The van der Waals surface area contributed by atoms with Gasteiger partial charge in [0.15, 0.2) is 0 Å². The number of rotatable bonds is 2. The summed E-state index contributed by atoms with van der Waals surface area (Å²) in [6, 6.07) is 0.163. The Morgan fingerprint density at radius 3 is 2.67 bits per heavy atom. The van der Waals surface area contributed by atoms with Crippen LogP contribution in [0.3, 0.4) is 0 Å². The fourth-order valence-corrected chi connectivity index (χ4v) is 1.74. The molecule has 2 atom stereocenters. The molecule has 0 bridgehead atoms. The van der Waals surface area contributed by atoms with Crippen molar-refractivity contribution in [3.8, 4) is 0 Å². The summed E-state index contributed by atoms with van der Waals surface area (Å²) in [5.74, 6) is 0.130. The first kappa shape index (κ1) is 12.5. The van der Waals surface area contributed by atoms with E-state index in [2.05, 4.69) is 0 Å². The van der Waals surface area contributed by atoms with Gasteiger partial charge in [0, 0.05) is 18.5 Å². The quantitative estimate of drug-likeness (QED) is 0.738. The molecule has 0 saturated carbocycles. The van der Waals surface area contributed by atoms with Crippen molar-refractivity contribution in [2.45, 2.75) is 51.8 Å². The Morgan fingerprint density at radius 2 is 2.13 bits per heavy atom. The Kier molecular flexibility index (Phi) is 3.73.